The summed E-state index contributed by atoms with van der Waals surface area (Å²) in [5.41, 5.74) is 0.999. The van der Waals surface area contributed by atoms with Gasteiger partial charge in [-0.2, -0.15) is 0 Å². The number of nitrogens with zero attached hydrogens (tertiary/aromatic N) is 2. The molecule has 0 aliphatic carbocycles. The van der Waals surface area contributed by atoms with Gasteiger partial charge in [0.1, 0.15) is 5.75 Å². The smallest absolute Gasteiger partial charge is 0.228 e. The lowest BCUT2D eigenvalue weighted by Gasteiger charge is -2.29. The van der Waals surface area contributed by atoms with E-state index in [0.29, 0.717) is 18.3 Å². The number of rotatable bonds is 3. The Morgan fingerprint density at radius 2 is 1.71 bits per heavy atom. The van der Waals surface area contributed by atoms with Crippen LogP contribution in [-0.4, -0.2) is 62.0 Å². The first-order chi connectivity index (χ1) is 13.1. The first-order valence-electron chi connectivity index (χ1n) is 9.97. The summed E-state index contributed by atoms with van der Waals surface area (Å²) < 4.78 is 5.24. The Kier molecular flexibility index (Phi) is 6.50. The minimum atomic E-state index is -0.299. The number of hydrogen-bond donors (Lipinski definition) is 1. The van der Waals surface area contributed by atoms with Gasteiger partial charge in [0.15, 0.2) is 0 Å². The van der Waals surface area contributed by atoms with Crippen LogP contribution in [-0.2, 0) is 9.59 Å². The molecule has 6 nitrogen and oxygen atoms in total. The standard InChI is InChI=1S/C21H29N3O3.ClH/c1-23-19(25)11-18(20(23)14-3-5-17(27-2)6-4-14)21(26)24-9-7-15-12-22-13-16(15)8-10-24;/h3-6,15-16,18,20,22H,7-13H2,1-2H3;1H/t15-,16+,18?,20?;. The summed E-state index contributed by atoms with van der Waals surface area (Å²) in [6.07, 6.45) is 2.43. The van der Waals surface area contributed by atoms with Crippen LogP contribution in [0, 0.1) is 17.8 Å². The zero-order chi connectivity index (χ0) is 19.0. The molecule has 0 bridgehead atoms. The van der Waals surface area contributed by atoms with E-state index < -0.39 is 0 Å². The number of carbonyl (C=O) groups is 2. The Bertz CT molecular complexity index is 697. The molecule has 0 aromatic heterocycles. The van der Waals surface area contributed by atoms with E-state index in [4.69, 9.17) is 4.74 Å². The zero-order valence-corrected chi connectivity index (χ0v) is 17.4. The van der Waals surface area contributed by atoms with Gasteiger partial charge in [0.25, 0.3) is 0 Å². The van der Waals surface area contributed by atoms with Gasteiger partial charge in [-0.25, -0.2) is 0 Å². The van der Waals surface area contributed by atoms with Gasteiger partial charge in [-0.15, -0.1) is 12.4 Å². The Morgan fingerprint density at radius 1 is 1.11 bits per heavy atom. The largest absolute Gasteiger partial charge is 0.497 e. The third-order valence-corrected chi connectivity index (χ3v) is 6.69. The number of ether oxygens (including phenoxy) is 1. The number of halogens is 1. The summed E-state index contributed by atoms with van der Waals surface area (Å²) >= 11 is 0. The number of likely N-dealkylation sites (tertiary alicyclic amines) is 2. The molecule has 0 saturated carbocycles. The van der Waals surface area contributed by atoms with E-state index in [1.807, 2.05) is 36.2 Å². The molecular formula is C21H30ClN3O3. The molecule has 1 aromatic rings. The monoisotopic (exact) mass is 407 g/mol. The summed E-state index contributed by atoms with van der Waals surface area (Å²) in [6.45, 7) is 3.77. The van der Waals surface area contributed by atoms with Crippen molar-refractivity contribution in [2.24, 2.45) is 17.8 Å². The highest BCUT2D eigenvalue weighted by Crippen LogP contribution is 2.39. The van der Waals surface area contributed by atoms with E-state index in [-0.39, 0.29) is 36.2 Å². The molecule has 3 heterocycles. The van der Waals surface area contributed by atoms with Crippen molar-refractivity contribution in [3.63, 3.8) is 0 Å². The number of amides is 2. The highest BCUT2D eigenvalue weighted by Gasteiger charge is 2.44. The number of carbonyl (C=O) groups excluding carboxylic acids is 2. The highest BCUT2D eigenvalue weighted by molar-refractivity contribution is 5.90. The minimum Gasteiger partial charge on any atom is -0.497 e. The van der Waals surface area contributed by atoms with Crippen LogP contribution in [0.3, 0.4) is 0 Å². The van der Waals surface area contributed by atoms with Crippen LogP contribution in [0.2, 0.25) is 0 Å². The Balaban J connectivity index is 0.00000225. The SMILES string of the molecule is COc1ccc(C2C(C(=O)N3CC[C@@H]4CNC[C@@H]4CC3)CC(=O)N2C)cc1.Cl. The Morgan fingerprint density at radius 3 is 2.29 bits per heavy atom. The fourth-order valence-corrected chi connectivity index (χ4v) is 5.02. The average molecular weight is 408 g/mol. The number of benzene rings is 1. The minimum absolute atomic E-state index is 0. The zero-order valence-electron chi connectivity index (χ0n) is 16.6. The van der Waals surface area contributed by atoms with E-state index in [9.17, 15) is 9.59 Å². The normalized spacial score (nSPS) is 29.9. The van der Waals surface area contributed by atoms with E-state index >= 15 is 0 Å². The van der Waals surface area contributed by atoms with Gasteiger partial charge in [0.05, 0.1) is 19.1 Å². The third kappa shape index (κ3) is 3.85. The van der Waals surface area contributed by atoms with Gasteiger partial charge >= 0.3 is 0 Å². The third-order valence-electron chi connectivity index (χ3n) is 6.69. The van der Waals surface area contributed by atoms with Crippen molar-refractivity contribution in [1.29, 1.82) is 0 Å². The van der Waals surface area contributed by atoms with E-state index in [2.05, 4.69) is 5.32 Å². The first-order valence-corrected chi connectivity index (χ1v) is 9.97. The Labute approximate surface area is 173 Å². The van der Waals surface area contributed by atoms with Crippen molar-refractivity contribution in [2.75, 3.05) is 40.3 Å². The molecule has 3 saturated heterocycles. The lowest BCUT2D eigenvalue weighted by atomic mass is 9.92. The summed E-state index contributed by atoms with van der Waals surface area (Å²) in [4.78, 5) is 29.6. The molecule has 0 radical (unpaired) electrons. The fraction of sp³-hybridized carbons (Fsp3) is 0.619. The van der Waals surface area contributed by atoms with Crippen LogP contribution in [0.5, 0.6) is 5.75 Å². The van der Waals surface area contributed by atoms with Crippen molar-refractivity contribution in [2.45, 2.75) is 25.3 Å². The molecule has 2 amide bonds. The van der Waals surface area contributed by atoms with Gasteiger partial charge in [-0.05, 0) is 55.5 Å². The second-order valence-electron chi connectivity index (χ2n) is 8.11. The molecule has 28 heavy (non-hydrogen) atoms. The summed E-state index contributed by atoms with van der Waals surface area (Å²) in [7, 11) is 3.44. The second kappa shape index (κ2) is 8.70. The number of hydrogen-bond acceptors (Lipinski definition) is 4. The lowest BCUT2D eigenvalue weighted by molar-refractivity contribution is -0.136. The number of methoxy groups -OCH3 is 1. The van der Waals surface area contributed by atoms with Gasteiger partial charge in [-0.3, -0.25) is 9.59 Å². The van der Waals surface area contributed by atoms with E-state index in [1.165, 1.54) is 0 Å². The van der Waals surface area contributed by atoms with Gasteiger partial charge < -0.3 is 19.9 Å². The summed E-state index contributed by atoms with van der Waals surface area (Å²) in [6, 6.07) is 7.54. The molecule has 1 aromatic carbocycles. The Hall–Kier alpha value is -1.79. The van der Waals surface area contributed by atoms with Crippen molar-refractivity contribution in [3.8, 4) is 5.75 Å². The van der Waals surface area contributed by atoms with Crippen LogP contribution < -0.4 is 10.1 Å². The molecule has 3 aliphatic rings. The van der Waals surface area contributed by atoms with Crippen molar-refractivity contribution >= 4 is 24.2 Å². The van der Waals surface area contributed by atoms with Gasteiger partial charge in [0.2, 0.25) is 11.8 Å². The van der Waals surface area contributed by atoms with Crippen LogP contribution in [0.25, 0.3) is 0 Å². The summed E-state index contributed by atoms with van der Waals surface area (Å²) in [5, 5.41) is 3.48. The van der Waals surface area contributed by atoms with Crippen LogP contribution in [0.15, 0.2) is 24.3 Å². The van der Waals surface area contributed by atoms with Crippen molar-refractivity contribution in [1.82, 2.24) is 15.1 Å². The molecule has 4 rings (SSSR count). The summed E-state index contributed by atoms with van der Waals surface area (Å²) in [5.74, 6) is 2.04. The predicted molar refractivity (Wildman–Crippen MR) is 110 cm³/mol. The quantitative estimate of drug-likeness (QED) is 0.833. The molecule has 154 valence electrons. The highest BCUT2D eigenvalue weighted by atomic mass is 35.5. The fourth-order valence-electron chi connectivity index (χ4n) is 5.02. The molecule has 1 N–H and O–H groups in total. The van der Waals surface area contributed by atoms with Crippen molar-refractivity contribution in [3.05, 3.63) is 29.8 Å². The topological polar surface area (TPSA) is 61.9 Å². The molecule has 3 aliphatic heterocycles. The predicted octanol–water partition coefficient (Wildman–Crippen LogP) is 2.09. The van der Waals surface area contributed by atoms with Crippen molar-refractivity contribution < 1.29 is 14.3 Å². The maximum atomic E-state index is 13.4. The van der Waals surface area contributed by atoms with Gasteiger partial charge in [0, 0.05) is 26.6 Å². The van der Waals surface area contributed by atoms with E-state index in [0.717, 1.165) is 50.3 Å². The first kappa shape index (κ1) is 20.9. The lowest BCUT2D eigenvalue weighted by Crippen LogP contribution is -2.39. The van der Waals surface area contributed by atoms with E-state index in [1.54, 1.807) is 12.0 Å². The number of nitrogens with one attached hydrogen (secondary N) is 1. The second-order valence-corrected chi connectivity index (χ2v) is 8.11. The molecule has 3 fully saturated rings. The molecule has 2 unspecified atom stereocenters. The molecule has 4 atom stereocenters. The van der Waals surface area contributed by atoms with Crippen LogP contribution >= 0.6 is 12.4 Å². The van der Waals surface area contributed by atoms with Crippen LogP contribution in [0.4, 0.5) is 0 Å². The molecule has 7 heteroatoms. The van der Waals surface area contributed by atoms with Gasteiger partial charge in [-0.1, -0.05) is 12.1 Å². The number of fused-ring (bicyclic) bond motifs is 1. The maximum absolute atomic E-state index is 13.4. The maximum Gasteiger partial charge on any atom is 0.228 e. The van der Waals surface area contributed by atoms with Crippen LogP contribution in [0.1, 0.15) is 30.9 Å². The molecular weight excluding hydrogens is 378 g/mol. The molecule has 0 spiro atoms. The average Bonchev–Trinajstić information content (AvgIpc) is 3.19.